The monoisotopic (exact) mass is 290 g/mol. The zero-order chi connectivity index (χ0) is 14.7. The van der Waals surface area contributed by atoms with Gasteiger partial charge in [0.15, 0.2) is 5.78 Å². The fourth-order valence-corrected chi connectivity index (χ4v) is 2.05. The summed E-state index contributed by atoms with van der Waals surface area (Å²) < 4.78 is 1.38. The molecule has 2 rings (SSSR count). The Kier molecular flexibility index (Phi) is 4.35. The van der Waals surface area contributed by atoms with E-state index >= 15 is 0 Å². The predicted molar refractivity (Wildman–Crippen MR) is 78.4 cm³/mol. The van der Waals surface area contributed by atoms with Gasteiger partial charge in [0.1, 0.15) is 0 Å². The van der Waals surface area contributed by atoms with Crippen LogP contribution in [0.15, 0.2) is 41.2 Å². The zero-order valence-corrected chi connectivity index (χ0v) is 12.1. The fourth-order valence-electron chi connectivity index (χ4n) is 1.86. The van der Waals surface area contributed by atoms with Crippen molar-refractivity contribution in [2.45, 2.75) is 26.3 Å². The molecule has 0 bridgehead atoms. The predicted octanol–water partition coefficient (Wildman–Crippen LogP) is 2.90. The molecule has 4 nitrogen and oxygen atoms in total. The van der Waals surface area contributed by atoms with Crippen molar-refractivity contribution < 1.29 is 4.79 Å². The number of rotatable bonds is 4. The van der Waals surface area contributed by atoms with E-state index in [9.17, 15) is 9.59 Å². The molecule has 0 aliphatic carbocycles. The van der Waals surface area contributed by atoms with Gasteiger partial charge in [-0.25, -0.2) is 4.68 Å². The van der Waals surface area contributed by atoms with Crippen molar-refractivity contribution in [1.29, 1.82) is 0 Å². The molecular formula is C15H15ClN2O2. The highest BCUT2D eigenvalue weighted by Crippen LogP contribution is 2.12. The van der Waals surface area contributed by atoms with Crippen LogP contribution < -0.4 is 5.56 Å². The Morgan fingerprint density at radius 3 is 2.70 bits per heavy atom. The smallest absolute Gasteiger partial charge is 0.266 e. The van der Waals surface area contributed by atoms with Crippen LogP contribution in [0, 0.1) is 0 Å². The van der Waals surface area contributed by atoms with Gasteiger partial charge in [0.25, 0.3) is 5.56 Å². The van der Waals surface area contributed by atoms with Gasteiger partial charge < -0.3 is 0 Å². The molecular weight excluding hydrogens is 276 g/mol. The van der Waals surface area contributed by atoms with Gasteiger partial charge in [-0.2, -0.15) is 5.10 Å². The van der Waals surface area contributed by atoms with Crippen molar-refractivity contribution >= 4 is 17.4 Å². The van der Waals surface area contributed by atoms with E-state index in [0.717, 1.165) is 0 Å². The Labute approximate surface area is 122 Å². The molecule has 104 valence electrons. The van der Waals surface area contributed by atoms with Gasteiger partial charge in [-0.15, -0.1) is 0 Å². The third-order valence-electron chi connectivity index (χ3n) is 2.86. The number of nitrogens with zero attached hydrogens (tertiary/aromatic N) is 2. The third-order valence-corrected chi connectivity index (χ3v) is 3.09. The van der Waals surface area contributed by atoms with Gasteiger partial charge in [0.2, 0.25) is 0 Å². The molecule has 0 aliphatic heterocycles. The van der Waals surface area contributed by atoms with E-state index in [-0.39, 0.29) is 23.8 Å². The molecule has 2 aromatic rings. The van der Waals surface area contributed by atoms with Gasteiger partial charge in [0, 0.05) is 16.7 Å². The summed E-state index contributed by atoms with van der Waals surface area (Å²) in [6.07, 6.45) is 0.146. The van der Waals surface area contributed by atoms with E-state index in [1.54, 1.807) is 30.3 Å². The normalized spacial score (nSPS) is 10.8. The maximum Gasteiger partial charge on any atom is 0.266 e. The summed E-state index contributed by atoms with van der Waals surface area (Å²) >= 11 is 5.87. The summed E-state index contributed by atoms with van der Waals surface area (Å²) in [5, 5.41) is 4.73. The Hall–Kier alpha value is -1.94. The van der Waals surface area contributed by atoms with Gasteiger partial charge >= 0.3 is 0 Å². The average molecular weight is 291 g/mol. The maximum atomic E-state index is 12.1. The topological polar surface area (TPSA) is 52.0 Å². The second kappa shape index (κ2) is 6.01. The number of carbonyl (C=O) groups is 1. The Morgan fingerprint density at radius 1 is 1.30 bits per heavy atom. The minimum atomic E-state index is -0.168. The van der Waals surface area contributed by atoms with Crippen LogP contribution in [-0.2, 0) is 6.42 Å². The number of halogens is 1. The zero-order valence-electron chi connectivity index (χ0n) is 11.3. The molecule has 1 aromatic heterocycles. The molecule has 0 unspecified atom stereocenters. The molecule has 1 aromatic carbocycles. The molecule has 0 N–H and O–H groups in total. The van der Waals surface area contributed by atoms with Gasteiger partial charge in [-0.3, -0.25) is 9.59 Å². The summed E-state index contributed by atoms with van der Waals surface area (Å²) in [6.45, 7) is 3.74. The number of Topliss-reactive ketones (excluding diaryl/α,β-unsaturated/α-hetero) is 1. The summed E-state index contributed by atoms with van der Waals surface area (Å²) in [5.41, 5.74) is 0.948. The van der Waals surface area contributed by atoms with Crippen LogP contribution in [0.1, 0.15) is 35.9 Å². The van der Waals surface area contributed by atoms with E-state index in [2.05, 4.69) is 5.10 Å². The van der Waals surface area contributed by atoms with Crippen LogP contribution in [0.4, 0.5) is 0 Å². The van der Waals surface area contributed by atoms with Crippen LogP contribution in [-0.4, -0.2) is 15.6 Å². The van der Waals surface area contributed by atoms with Crippen molar-refractivity contribution in [2.24, 2.45) is 0 Å². The van der Waals surface area contributed by atoms with E-state index in [1.807, 2.05) is 13.8 Å². The highest BCUT2D eigenvalue weighted by molar-refractivity contribution is 6.31. The lowest BCUT2D eigenvalue weighted by Crippen LogP contribution is -2.25. The molecule has 0 atom stereocenters. The molecule has 1 heterocycles. The van der Waals surface area contributed by atoms with Crippen LogP contribution in [0.5, 0.6) is 0 Å². The number of ketones is 1. The highest BCUT2D eigenvalue weighted by Gasteiger charge is 2.10. The van der Waals surface area contributed by atoms with E-state index in [0.29, 0.717) is 16.3 Å². The Bertz CT molecular complexity index is 692. The molecule has 0 fully saturated rings. The number of hydrogen-bond donors (Lipinski definition) is 0. The first-order chi connectivity index (χ1) is 9.47. The van der Waals surface area contributed by atoms with Crippen LogP contribution in [0.3, 0.4) is 0 Å². The minimum absolute atomic E-state index is 0.0382. The van der Waals surface area contributed by atoms with Crippen molar-refractivity contribution in [3.05, 3.63) is 63.0 Å². The molecule has 5 heteroatoms. The second-order valence-corrected chi connectivity index (χ2v) is 5.25. The van der Waals surface area contributed by atoms with Crippen molar-refractivity contribution in [1.82, 2.24) is 9.78 Å². The lowest BCUT2D eigenvalue weighted by atomic mass is 10.1. The Morgan fingerprint density at radius 2 is 2.05 bits per heavy atom. The second-order valence-electron chi connectivity index (χ2n) is 4.81. The summed E-state index contributed by atoms with van der Waals surface area (Å²) in [4.78, 5) is 23.8. The van der Waals surface area contributed by atoms with Gasteiger partial charge in [-0.05, 0) is 32.0 Å². The van der Waals surface area contributed by atoms with Crippen molar-refractivity contribution in [3.8, 4) is 0 Å². The van der Waals surface area contributed by atoms with E-state index in [1.165, 1.54) is 10.7 Å². The largest absolute Gasteiger partial charge is 0.294 e. The first kappa shape index (κ1) is 14.5. The summed E-state index contributed by atoms with van der Waals surface area (Å²) in [6, 6.07) is 9.78. The number of aromatic nitrogens is 2. The highest BCUT2D eigenvalue weighted by atomic mass is 35.5. The van der Waals surface area contributed by atoms with E-state index < -0.39 is 0 Å². The lowest BCUT2D eigenvalue weighted by molar-refractivity contribution is 0.0991. The SMILES string of the molecule is CC(C)n1nc(CC(=O)c2cccc(Cl)c2)ccc1=O. The van der Waals surface area contributed by atoms with E-state index in [4.69, 9.17) is 11.6 Å². The van der Waals surface area contributed by atoms with Crippen molar-refractivity contribution in [3.63, 3.8) is 0 Å². The standard InChI is InChI=1S/C15H15ClN2O2/c1-10(2)18-15(20)7-6-13(17-18)9-14(19)11-4-3-5-12(16)8-11/h3-8,10H,9H2,1-2H3. The fraction of sp³-hybridized carbons (Fsp3) is 0.267. The third kappa shape index (κ3) is 3.33. The lowest BCUT2D eigenvalue weighted by Gasteiger charge is -2.09. The molecule has 0 spiro atoms. The Balaban J connectivity index is 2.24. The first-order valence-corrected chi connectivity index (χ1v) is 6.72. The molecule has 0 amide bonds. The van der Waals surface area contributed by atoms with Gasteiger partial charge in [-0.1, -0.05) is 23.7 Å². The first-order valence-electron chi connectivity index (χ1n) is 6.35. The quantitative estimate of drug-likeness (QED) is 0.814. The molecule has 0 aliphatic rings. The summed E-state index contributed by atoms with van der Waals surface area (Å²) in [7, 11) is 0. The van der Waals surface area contributed by atoms with Crippen LogP contribution >= 0.6 is 11.6 Å². The molecule has 0 saturated carbocycles. The maximum absolute atomic E-state index is 12.1. The number of carbonyl (C=O) groups excluding carboxylic acids is 1. The average Bonchev–Trinajstić information content (AvgIpc) is 2.40. The number of hydrogen-bond acceptors (Lipinski definition) is 3. The van der Waals surface area contributed by atoms with Crippen LogP contribution in [0.25, 0.3) is 0 Å². The van der Waals surface area contributed by atoms with Crippen LogP contribution in [0.2, 0.25) is 5.02 Å². The minimum Gasteiger partial charge on any atom is -0.294 e. The molecule has 0 radical (unpaired) electrons. The van der Waals surface area contributed by atoms with Gasteiger partial charge in [0.05, 0.1) is 18.2 Å². The summed E-state index contributed by atoms with van der Waals surface area (Å²) in [5.74, 6) is -0.0750. The molecule has 20 heavy (non-hydrogen) atoms. The number of benzene rings is 1. The van der Waals surface area contributed by atoms with Crippen molar-refractivity contribution in [2.75, 3.05) is 0 Å². The molecule has 0 saturated heterocycles.